The van der Waals surface area contributed by atoms with E-state index < -0.39 is 66.3 Å². The highest BCUT2D eigenvalue weighted by Gasteiger charge is 2.32. The number of carbonyl (C=O) groups is 6. The number of Topliss-reactive ketones (excluding diaryl/α,β-unsaturated/α-hetero) is 1. The van der Waals surface area contributed by atoms with Crippen molar-refractivity contribution in [2.75, 3.05) is 13.1 Å². The summed E-state index contributed by atoms with van der Waals surface area (Å²) in [5.41, 5.74) is 21.1. The number of rotatable bonds is 23. The van der Waals surface area contributed by atoms with Crippen LogP contribution in [0.2, 0.25) is 0 Å². The molecule has 5 amide bonds. The first kappa shape index (κ1) is 47.0. The molecule has 0 fully saturated rings. The van der Waals surface area contributed by atoms with E-state index in [4.69, 9.17) is 17.2 Å². The predicted molar refractivity (Wildman–Crippen MR) is 240 cm³/mol. The number of benzene rings is 2. The highest BCUT2D eigenvalue weighted by Crippen LogP contribution is 2.21. The minimum atomic E-state index is -1.21. The van der Waals surface area contributed by atoms with Crippen molar-refractivity contribution in [1.29, 1.82) is 0 Å². The van der Waals surface area contributed by atoms with Crippen LogP contribution in [0.1, 0.15) is 57.4 Å². The minimum Gasteiger partial charge on any atom is -0.370 e. The molecule has 5 rings (SSSR count). The maximum Gasteiger partial charge on any atom is 0.243 e. The van der Waals surface area contributed by atoms with Crippen LogP contribution in [-0.4, -0.2) is 105 Å². The molecule has 5 atom stereocenters. The molecule has 63 heavy (non-hydrogen) atoms. The van der Waals surface area contributed by atoms with Crippen LogP contribution in [0.15, 0.2) is 78.4 Å². The Bertz CT molecular complexity index is 2380. The molecule has 0 unspecified atom stereocenters. The highest BCUT2D eigenvalue weighted by atomic mass is 16.2. The molecular weight excluding hydrogens is 807 g/mol. The quantitative estimate of drug-likeness (QED) is 0.0248. The number of fused-ring (bicyclic) bond motifs is 2. The van der Waals surface area contributed by atoms with Crippen molar-refractivity contribution in [2.24, 2.45) is 34.0 Å². The molecule has 0 radical (unpaired) electrons. The van der Waals surface area contributed by atoms with Crippen molar-refractivity contribution in [3.63, 3.8) is 0 Å². The largest absolute Gasteiger partial charge is 0.370 e. The zero-order valence-electron chi connectivity index (χ0n) is 36.0. The Morgan fingerprint density at radius 2 is 1.27 bits per heavy atom. The molecule has 3 aromatic heterocycles. The molecule has 5 aromatic rings. The Hall–Kier alpha value is -7.02. The number of nitrogens with two attached hydrogens (primary N) is 3. The SMILES string of the molecule is CC(C)C(=O)[C@@H](NC(=O)[C@H](Cc1c[nH]c2ccccc12)NC(=O)CNC(=O)[C@H](CCCN=C(N)N)NC(=O)[C@H](Cc1c[nH]c2ccccc12)NC(=O)[C@@H](N)Cc1cnc[nH]1)C(C)C. The summed E-state index contributed by atoms with van der Waals surface area (Å²) in [7, 11) is 0. The van der Waals surface area contributed by atoms with Crippen LogP contribution in [0, 0.1) is 11.8 Å². The Morgan fingerprint density at radius 1 is 0.698 bits per heavy atom. The first-order valence-corrected chi connectivity index (χ1v) is 21.0. The fourth-order valence-corrected chi connectivity index (χ4v) is 7.22. The van der Waals surface area contributed by atoms with Crippen LogP contribution in [-0.2, 0) is 48.0 Å². The second kappa shape index (κ2) is 22.2. The molecule has 2 aromatic carbocycles. The van der Waals surface area contributed by atoms with E-state index in [9.17, 15) is 28.8 Å². The van der Waals surface area contributed by atoms with Crippen molar-refractivity contribution in [1.82, 2.24) is 46.5 Å². The van der Waals surface area contributed by atoms with Gasteiger partial charge in [0.05, 0.1) is 25.0 Å². The monoisotopic (exact) mass is 865 g/mol. The van der Waals surface area contributed by atoms with Gasteiger partial charge in [-0.25, -0.2) is 4.98 Å². The van der Waals surface area contributed by atoms with Crippen LogP contribution in [0.5, 0.6) is 0 Å². The van der Waals surface area contributed by atoms with Crippen LogP contribution in [0.4, 0.5) is 0 Å². The third-order valence-corrected chi connectivity index (χ3v) is 10.7. The smallest absolute Gasteiger partial charge is 0.243 e. The van der Waals surface area contributed by atoms with Crippen molar-refractivity contribution >= 4 is 63.1 Å². The van der Waals surface area contributed by atoms with Crippen LogP contribution < -0.4 is 43.8 Å². The number of aromatic nitrogens is 4. The zero-order chi connectivity index (χ0) is 45.6. The topological polar surface area (TPSA) is 313 Å². The number of amides is 5. The maximum atomic E-state index is 14.2. The van der Waals surface area contributed by atoms with Gasteiger partial charge in [0.15, 0.2) is 11.7 Å². The summed E-state index contributed by atoms with van der Waals surface area (Å²) in [6, 6.07) is 9.67. The van der Waals surface area contributed by atoms with E-state index in [0.717, 1.165) is 32.9 Å². The normalized spacial score (nSPS) is 13.8. The van der Waals surface area contributed by atoms with Crippen LogP contribution >= 0.6 is 0 Å². The molecule has 0 aliphatic carbocycles. The van der Waals surface area contributed by atoms with Gasteiger partial charge in [0, 0.05) is 77.8 Å². The lowest BCUT2D eigenvalue weighted by Crippen LogP contribution is -2.58. The molecule has 0 saturated carbocycles. The second-order valence-corrected chi connectivity index (χ2v) is 16.2. The van der Waals surface area contributed by atoms with E-state index >= 15 is 0 Å². The average Bonchev–Trinajstić information content (AvgIpc) is 4.03. The van der Waals surface area contributed by atoms with Gasteiger partial charge < -0.3 is 58.7 Å². The number of para-hydroxylation sites is 2. The number of H-pyrrole nitrogens is 3. The van der Waals surface area contributed by atoms with Gasteiger partial charge >= 0.3 is 0 Å². The number of imidazole rings is 1. The summed E-state index contributed by atoms with van der Waals surface area (Å²) < 4.78 is 0. The van der Waals surface area contributed by atoms with Gasteiger partial charge in [-0.3, -0.25) is 33.8 Å². The van der Waals surface area contributed by atoms with E-state index in [1.807, 2.05) is 62.4 Å². The number of guanidine groups is 1. The fourth-order valence-electron chi connectivity index (χ4n) is 7.22. The number of aliphatic imine (C=N–C) groups is 1. The van der Waals surface area contributed by atoms with E-state index in [1.54, 1.807) is 32.4 Å². The molecule has 3 heterocycles. The average molecular weight is 866 g/mol. The van der Waals surface area contributed by atoms with Crippen LogP contribution in [0.25, 0.3) is 21.8 Å². The fraction of sp³-hybridized carbons (Fsp3) is 0.409. The van der Waals surface area contributed by atoms with Gasteiger partial charge in [-0.1, -0.05) is 64.1 Å². The van der Waals surface area contributed by atoms with E-state index in [0.29, 0.717) is 5.69 Å². The number of hydrogen-bond donors (Lipinski definition) is 11. The summed E-state index contributed by atoms with van der Waals surface area (Å²) in [5.74, 6) is -4.11. The predicted octanol–water partition coefficient (Wildman–Crippen LogP) is 0.718. The molecule has 0 bridgehead atoms. The van der Waals surface area contributed by atoms with Gasteiger partial charge in [-0.05, 0) is 42.0 Å². The lowest BCUT2D eigenvalue weighted by atomic mass is 9.92. The van der Waals surface area contributed by atoms with E-state index in [2.05, 4.69) is 51.5 Å². The number of carbonyl (C=O) groups excluding carboxylic acids is 6. The minimum absolute atomic E-state index is 0.0451. The lowest BCUT2D eigenvalue weighted by Gasteiger charge is -2.26. The molecule has 19 heteroatoms. The molecular formula is C44H59N13O6. The number of hydrogen-bond acceptors (Lipinski definition) is 9. The van der Waals surface area contributed by atoms with E-state index in [-0.39, 0.29) is 62.2 Å². The van der Waals surface area contributed by atoms with Crippen molar-refractivity contribution in [3.8, 4) is 0 Å². The Morgan fingerprint density at radius 3 is 1.83 bits per heavy atom. The Kier molecular flexibility index (Phi) is 16.6. The maximum absolute atomic E-state index is 14.2. The van der Waals surface area contributed by atoms with Crippen molar-refractivity contribution in [2.45, 2.75) is 90.0 Å². The van der Waals surface area contributed by atoms with Crippen molar-refractivity contribution in [3.05, 3.63) is 90.3 Å². The Labute approximate surface area is 365 Å². The molecule has 0 spiro atoms. The van der Waals surface area contributed by atoms with Gasteiger partial charge in [-0.15, -0.1) is 0 Å². The summed E-state index contributed by atoms with van der Waals surface area (Å²) in [5, 5.41) is 15.4. The molecule has 0 aliphatic rings. The number of aromatic amines is 3. The standard InChI is InChI=1S/C44H59N13O6/c1-24(2)38(39(59)25(3)4)57-43(63)35(16-26-19-50-32-12-7-5-10-29(26)32)54-37(58)22-52-41(61)34(14-9-15-49-44(46)47)55-42(62)36(17-27-20-51-33-13-8-6-11-30(27)33)56-40(60)31(45)18-28-21-48-23-53-28/h5-8,10-13,19-21,23-25,31,34-36,38,50-51H,9,14-18,22,45H2,1-4H3,(H,48,53)(H,52,61)(H,54,58)(H,55,62)(H,56,60)(H,57,63)(H4,46,47,49)/t31-,34-,35-,36-,38-/m0/s1. The van der Waals surface area contributed by atoms with Gasteiger partial charge in [-0.2, -0.15) is 0 Å². The zero-order valence-corrected chi connectivity index (χ0v) is 36.0. The summed E-state index contributed by atoms with van der Waals surface area (Å²) in [6.07, 6.45) is 7.08. The number of nitrogens with zero attached hydrogens (tertiary/aromatic N) is 2. The highest BCUT2D eigenvalue weighted by molar-refractivity contribution is 5.97. The number of nitrogens with one attached hydrogen (secondary N) is 8. The van der Waals surface area contributed by atoms with Gasteiger partial charge in [0.25, 0.3) is 0 Å². The molecule has 0 saturated heterocycles. The second-order valence-electron chi connectivity index (χ2n) is 16.2. The van der Waals surface area contributed by atoms with Crippen LogP contribution in [0.3, 0.4) is 0 Å². The third-order valence-electron chi connectivity index (χ3n) is 10.7. The first-order chi connectivity index (χ1) is 30.1. The van der Waals surface area contributed by atoms with Crippen molar-refractivity contribution < 1.29 is 28.8 Å². The van der Waals surface area contributed by atoms with Gasteiger partial charge in [0.2, 0.25) is 29.5 Å². The molecule has 0 aliphatic heterocycles. The lowest BCUT2D eigenvalue weighted by molar-refractivity contribution is -0.134. The third kappa shape index (κ3) is 13.2. The van der Waals surface area contributed by atoms with E-state index in [1.165, 1.54) is 6.33 Å². The number of ketones is 1. The summed E-state index contributed by atoms with van der Waals surface area (Å²) >= 11 is 0. The van der Waals surface area contributed by atoms with Gasteiger partial charge in [0.1, 0.15) is 18.1 Å². The summed E-state index contributed by atoms with van der Waals surface area (Å²) in [6.45, 7) is 6.75. The molecule has 336 valence electrons. The Balaban J connectivity index is 1.32. The summed E-state index contributed by atoms with van der Waals surface area (Å²) in [4.78, 5) is 99.3. The first-order valence-electron chi connectivity index (χ1n) is 21.0. The molecule has 14 N–H and O–H groups in total. The molecule has 19 nitrogen and oxygen atoms in total.